The van der Waals surface area contributed by atoms with Crippen molar-refractivity contribution in [2.45, 2.75) is 19.0 Å². The number of ether oxygens (including phenoxy) is 1. The average molecular weight is 419 g/mol. The third-order valence-corrected chi connectivity index (χ3v) is 5.92. The highest BCUT2D eigenvalue weighted by Crippen LogP contribution is 2.49. The van der Waals surface area contributed by atoms with Gasteiger partial charge in [0, 0.05) is 16.2 Å². The fourth-order valence-electron chi connectivity index (χ4n) is 3.21. The average Bonchev–Trinajstić information content (AvgIpc) is 3.21. The van der Waals surface area contributed by atoms with Gasteiger partial charge < -0.3 is 9.64 Å². The van der Waals surface area contributed by atoms with Crippen molar-refractivity contribution in [3.05, 3.63) is 80.8 Å². The van der Waals surface area contributed by atoms with E-state index in [0.717, 1.165) is 16.3 Å². The van der Waals surface area contributed by atoms with E-state index in [1.807, 2.05) is 59.6 Å². The van der Waals surface area contributed by atoms with Crippen LogP contribution in [0, 0.1) is 0 Å². The molecule has 2 aromatic carbocycles. The van der Waals surface area contributed by atoms with E-state index in [-0.39, 0.29) is 18.1 Å². The van der Waals surface area contributed by atoms with Gasteiger partial charge in [-0.25, -0.2) is 4.79 Å². The second-order valence-electron chi connectivity index (χ2n) is 6.13. The lowest BCUT2D eigenvalue weighted by molar-refractivity contribution is -0.137. The van der Waals surface area contributed by atoms with Gasteiger partial charge in [0.2, 0.25) is 0 Å². The molecule has 2 aliphatic heterocycles. The molecular formula is C20H16Cl2N2O2S. The van der Waals surface area contributed by atoms with E-state index in [1.165, 1.54) is 11.8 Å². The normalized spacial score (nSPS) is 20.9. The Labute approximate surface area is 171 Å². The number of thioether (sulfide) groups is 1. The zero-order chi connectivity index (χ0) is 19.0. The van der Waals surface area contributed by atoms with Gasteiger partial charge >= 0.3 is 5.97 Å². The molecule has 0 amide bonds. The van der Waals surface area contributed by atoms with Crippen molar-refractivity contribution in [2.75, 3.05) is 6.61 Å². The van der Waals surface area contributed by atoms with E-state index in [1.54, 1.807) is 6.92 Å². The van der Waals surface area contributed by atoms with Crippen LogP contribution in [-0.4, -0.2) is 22.6 Å². The van der Waals surface area contributed by atoms with Gasteiger partial charge in [0.05, 0.1) is 12.6 Å². The van der Waals surface area contributed by atoms with Crippen molar-refractivity contribution >= 4 is 46.1 Å². The van der Waals surface area contributed by atoms with Crippen molar-refractivity contribution in [3.63, 3.8) is 0 Å². The number of carbonyl (C=O) groups excluding carboxylic acids is 1. The summed E-state index contributed by atoms with van der Waals surface area (Å²) in [6, 6.07) is 15.3. The lowest BCUT2D eigenvalue weighted by atomic mass is 9.94. The topological polar surface area (TPSA) is 41.9 Å². The van der Waals surface area contributed by atoms with Gasteiger partial charge in [-0.1, -0.05) is 47.5 Å². The Morgan fingerprint density at radius 3 is 2.26 bits per heavy atom. The number of nitrogens with zero attached hydrogens (tertiary/aromatic N) is 2. The molecule has 0 radical (unpaired) electrons. The quantitative estimate of drug-likeness (QED) is 0.605. The van der Waals surface area contributed by atoms with E-state index in [0.29, 0.717) is 21.6 Å². The molecule has 0 fully saturated rings. The lowest BCUT2D eigenvalue weighted by Crippen LogP contribution is -2.22. The number of hydrogen-bond donors (Lipinski definition) is 0. The van der Waals surface area contributed by atoms with E-state index in [2.05, 4.69) is 0 Å². The molecule has 27 heavy (non-hydrogen) atoms. The van der Waals surface area contributed by atoms with Gasteiger partial charge in [0.15, 0.2) is 5.17 Å². The smallest absolute Gasteiger partial charge is 0.346 e. The summed E-state index contributed by atoms with van der Waals surface area (Å²) in [7, 11) is 0. The molecule has 0 saturated carbocycles. The van der Waals surface area contributed by atoms with Gasteiger partial charge in [-0.2, -0.15) is 0 Å². The molecule has 138 valence electrons. The first-order valence-electron chi connectivity index (χ1n) is 8.50. The van der Waals surface area contributed by atoms with E-state index < -0.39 is 0 Å². The SMILES string of the molecule is CCOC(=O)C1=CN2C(=N[C@@H](c3ccc(Cl)cc3)[C@H]2c2ccc(Cl)cc2)S1. The molecule has 0 aliphatic carbocycles. The fourth-order valence-corrected chi connectivity index (χ4v) is 4.40. The molecule has 7 heteroatoms. The van der Waals surface area contributed by atoms with Gasteiger partial charge in [0.25, 0.3) is 0 Å². The Balaban J connectivity index is 1.72. The minimum Gasteiger partial charge on any atom is -0.462 e. The van der Waals surface area contributed by atoms with Crippen LogP contribution in [0.25, 0.3) is 0 Å². The van der Waals surface area contributed by atoms with Gasteiger partial charge in [-0.15, -0.1) is 0 Å². The molecule has 0 N–H and O–H groups in total. The number of aliphatic imine (C=N–C) groups is 1. The minimum atomic E-state index is -0.322. The summed E-state index contributed by atoms with van der Waals surface area (Å²) < 4.78 is 5.13. The van der Waals surface area contributed by atoms with E-state index in [4.69, 9.17) is 32.9 Å². The van der Waals surface area contributed by atoms with Crippen molar-refractivity contribution < 1.29 is 9.53 Å². The maximum atomic E-state index is 12.1. The van der Waals surface area contributed by atoms with Crippen LogP contribution in [0.3, 0.4) is 0 Å². The van der Waals surface area contributed by atoms with E-state index in [9.17, 15) is 4.79 Å². The van der Waals surface area contributed by atoms with Crippen LogP contribution in [0.5, 0.6) is 0 Å². The number of carbonyl (C=O) groups is 1. The predicted octanol–water partition coefficient (Wildman–Crippen LogP) is 5.60. The van der Waals surface area contributed by atoms with Gasteiger partial charge in [0.1, 0.15) is 10.9 Å². The zero-order valence-corrected chi connectivity index (χ0v) is 16.8. The van der Waals surface area contributed by atoms with Crippen LogP contribution < -0.4 is 0 Å². The molecule has 4 rings (SSSR count). The third-order valence-electron chi connectivity index (χ3n) is 4.43. The summed E-state index contributed by atoms with van der Waals surface area (Å²) in [5.41, 5.74) is 2.13. The molecule has 2 heterocycles. The number of hydrogen-bond acceptors (Lipinski definition) is 5. The Hall–Kier alpha value is -1.95. The van der Waals surface area contributed by atoms with Crippen LogP contribution in [0.1, 0.15) is 30.1 Å². The standard InChI is InChI=1S/C20H16Cl2N2O2S/c1-2-26-19(25)16-11-24-18(13-5-9-15(22)10-6-13)17(23-20(24)27-16)12-3-7-14(21)8-4-12/h3-11,17-18H,2H2,1H3/t17-,18+/m0/s1. The maximum absolute atomic E-state index is 12.1. The Kier molecular flexibility index (Phi) is 5.17. The molecule has 2 aliphatic rings. The highest BCUT2D eigenvalue weighted by molar-refractivity contribution is 8.18. The summed E-state index contributed by atoms with van der Waals surface area (Å²) in [6.45, 7) is 2.14. The van der Waals surface area contributed by atoms with Crippen molar-refractivity contribution in [1.82, 2.24) is 4.90 Å². The summed E-state index contributed by atoms with van der Waals surface area (Å²) in [6.07, 6.45) is 1.83. The highest BCUT2D eigenvalue weighted by Gasteiger charge is 2.42. The van der Waals surface area contributed by atoms with Gasteiger partial charge in [-0.3, -0.25) is 4.99 Å². The van der Waals surface area contributed by atoms with Crippen LogP contribution in [0.2, 0.25) is 10.0 Å². The molecule has 2 aromatic rings. The molecule has 0 aromatic heterocycles. The number of benzene rings is 2. The minimum absolute atomic E-state index is 0.0714. The molecule has 0 unspecified atom stereocenters. The van der Waals surface area contributed by atoms with Crippen LogP contribution in [0.4, 0.5) is 0 Å². The van der Waals surface area contributed by atoms with Crippen LogP contribution >= 0.6 is 35.0 Å². The number of amidine groups is 1. The highest BCUT2D eigenvalue weighted by atomic mass is 35.5. The summed E-state index contributed by atoms with van der Waals surface area (Å²) in [5.74, 6) is -0.322. The van der Waals surface area contributed by atoms with Crippen LogP contribution in [-0.2, 0) is 9.53 Å². The number of rotatable bonds is 4. The molecule has 0 spiro atoms. The zero-order valence-electron chi connectivity index (χ0n) is 14.4. The predicted molar refractivity (Wildman–Crippen MR) is 110 cm³/mol. The largest absolute Gasteiger partial charge is 0.462 e. The first kappa shape index (κ1) is 18.4. The summed E-state index contributed by atoms with van der Waals surface area (Å²) in [4.78, 5) is 19.6. The lowest BCUT2D eigenvalue weighted by Gasteiger charge is -2.26. The van der Waals surface area contributed by atoms with Crippen LogP contribution in [0.15, 0.2) is 64.6 Å². The number of esters is 1. The first-order valence-corrected chi connectivity index (χ1v) is 10.1. The molecule has 2 atom stereocenters. The number of fused-ring (bicyclic) bond motifs is 1. The van der Waals surface area contributed by atoms with Gasteiger partial charge in [-0.05, 0) is 54.1 Å². The fraction of sp³-hybridized carbons (Fsp3) is 0.200. The first-order chi connectivity index (χ1) is 13.1. The third kappa shape index (κ3) is 3.59. The Morgan fingerprint density at radius 1 is 1.07 bits per heavy atom. The number of halogens is 2. The van der Waals surface area contributed by atoms with E-state index >= 15 is 0 Å². The van der Waals surface area contributed by atoms with Crippen molar-refractivity contribution in [1.29, 1.82) is 0 Å². The Bertz CT molecular complexity index is 926. The maximum Gasteiger partial charge on any atom is 0.346 e. The Morgan fingerprint density at radius 2 is 1.67 bits per heavy atom. The molecular weight excluding hydrogens is 403 g/mol. The molecule has 0 bridgehead atoms. The molecule has 0 saturated heterocycles. The summed E-state index contributed by atoms with van der Waals surface area (Å²) >= 11 is 13.5. The van der Waals surface area contributed by atoms with Crippen molar-refractivity contribution in [2.24, 2.45) is 4.99 Å². The second kappa shape index (κ2) is 7.58. The molecule has 4 nitrogen and oxygen atoms in total. The summed E-state index contributed by atoms with van der Waals surface area (Å²) in [5, 5.41) is 2.16. The van der Waals surface area contributed by atoms with Crippen molar-refractivity contribution in [3.8, 4) is 0 Å². The second-order valence-corrected chi connectivity index (χ2v) is 8.01. The monoisotopic (exact) mass is 418 g/mol.